The molecule has 1 aliphatic rings. The summed E-state index contributed by atoms with van der Waals surface area (Å²) < 4.78 is 13.4. The Balaban J connectivity index is 2.17. The quantitative estimate of drug-likeness (QED) is 0.839. The fraction of sp³-hybridized carbons (Fsp3) is 0.467. The second kappa shape index (κ2) is 5.94. The first-order valence-electron chi connectivity index (χ1n) is 6.54. The minimum absolute atomic E-state index is 0.0671. The zero-order valence-electron chi connectivity index (χ0n) is 11.0. The second-order valence-corrected chi connectivity index (χ2v) is 5.05. The summed E-state index contributed by atoms with van der Waals surface area (Å²) in [5.74, 6) is -0.234. The van der Waals surface area contributed by atoms with Crippen molar-refractivity contribution in [3.05, 3.63) is 35.1 Å². The number of likely N-dealkylation sites (tertiary alicyclic amines) is 1. The van der Waals surface area contributed by atoms with Crippen molar-refractivity contribution in [2.45, 2.75) is 38.8 Å². The van der Waals surface area contributed by atoms with Gasteiger partial charge in [0.1, 0.15) is 11.6 Å². The first-order valence-corrected chi connectivity index (χ1v) is 6.54. The number of nitrogens with zero attached hydrogens (tertiary/aromatic N) is 2. The van der Waals surface area contributed by atoms with Crippen LogP contribution in [0.4, 0.5) is 4.39 Å². The number of rotatable bonds is 3. The SMILES string of the molecule is CC(=O)C1CCCCN1Cc1cc(F)cc(C#N)c1. The van der Waals surface area contributed by atoms with Gasteiger partial charge in [0.2, 0.25) is 0 Å². The Hall–Kier alpha value is -1.73. The molecule has 3 nitrogen and oxygen atoms in total. The Morgan fingerprint density at radius 3 is 2.95 bits per heavy atom. The van der Waals surface area contributed by atoms with Gasteiger partial charge in [-0.1, -0.05) is 6.42 Å². The van der Waals surface area contributed by atoms with Crippen LogP contribution in [0, 0.1) is 17.1 Å². The third-order valence-electron chi connectivity index (χ3n) is 3.56. The molecule has 2 rings (SSSR count). The highest BCUT2D eigenvalue weighted by molar-refractivity contribution is 5.81. The number of Topliss-reactive ketones (excluding diaryl/α,β-unsaturated/α-hetero) is 1. The number of hydrogen-bond acceptors (Lipinski definition) is 3. The molecular formula is C15H17FN2O. The average Bonchev–Trinajstić information content (AvgIpc) is 2.38. The fourth-order valence-corrected chi connectivity index (χ4v) is 2.68. The molecule has 0 N–H and O–H groups in total. The molecular weight excluding hydrogens is 243 g/mol. The van der Waals surface area contributed by atoms with Crippen molar-refractivity contribution in [2.24, 2.45) is 0 Å². The third kappa shape index (κ3) is 3.39. The Bertz CT molecular complexity index is 521. The summed E-state index contributed by atoms with van der Waals surface area (Å²) in [5, 5.41) is 8.85. The van der Waals surface area contributed by atoms with E-state index in [0.29, 0.717) is 12.1 Å². The molecule has 1 heterocycles. The van der Waals surface area contributed by atoms with E-state index in [1.807, 2.05) is 6.07 Å². The topological polar surface area (TPSA) is 44.1 Å². The lowest BCUT2D eigenvalue weighted by Crippen LogP contribution is -2.43. The molecule has 1 aliphatic heterocycles. The molecule has 1 aromatic carbocycles. The minimum Gasteiger partial charge on any atom is -0.298 e. The lowest BCUT2D eigenvalue weighted by atomic mass is 9.98. The van der Waals surface area contributed by atoms with E-state index in [1.165, 1.54) is 12.1 Å². The summed E-state index contributed by atoms with van der Waals surface area (Å²) in [6, 6.07) is 6.24. The van der Waals surface area contributed by atoms with E-state index in [0.717, 1.165) is 31.4 Å². The number of piperidine rings is 1. The largest absolute Gasteiger partial charge is 0.298 e. The Labute approximate surface area is 112 Å². The van der Waals surface area contributed by atoms with Crippen molar-refractivity contribution in [3.63, 3.8) is 0 Å². The molecule has 1 unspecified atom stereocenters. The lowest BCUT2D eigenvalue weighted by molar-refractivity contribution is -0.123. The molecule has 1 atom stereocenters. The predicted molar refractivity (Wildman–Crippen MR) is 69.8 cm³/mol. The van der Waals surface area contributed by atoms with Crippen LogP contribution in [0.2, 0.25) is 0 Å². The van der Waals surface area contributed by atoms with Crippen LogP contribution >= 0.6 is 0 Å². The summed E-state index contributed by atoms with van der Waals surface area (Å²) in [5.41, 5.74) is 1.08. The normalized spacial score (nSPS) is 19.9. The van der Waals surface area contributed by atoms with Crippen LogP contribution in [0.5, 0.6) is 0 Å². The average molecular weight is 260 g/mol. The van der Waals surface area contributed by atoms with E-state index in [-0.39, 0.29) is 11.8 Å². The van der Waals surface area contributed by atoms with Crippen LogP contribution in [0.3, 0.4) is 0 Å². The van der Waals surface area contributed by atoms with Gasteiger partial charge in [-0.05, 0) is 50.1 Å². The maximum absolute atomic E-state index is 13.4. The number of nitriles is 1. The molecule has 0 aliphatic carbocycles. The van der Waals surface area contributed by atoms with Crippen LogP contribution < -0.4 is 0 Å². The lowest BCUT2D eigenvalue weighted by Gasteiger charge is -2.34. The number of halogens is 1. The molecule has 0 spiro atoms. The number of carbonyl (C=O) groups excluding carboxylic acids is 1. The summed E-state index contributed by atoms with van der Waals surface area (Å²) in [4.78, 5) is 13.7. The smallest absolute Gasteiger partial charge is 0.146 e. The highest BCUT2D eigenvalue weighted by Gasteiger charge is 2.25. The molecule has 0 aromatic heterocycles. The molecule has 0 amide bonds. The molecule has 1 saturated heterocycles. The summed E-state index contributed by atoms with van der Waals surface area (Å²) >= 11 is 0. The molecule has 4 heteroatoms. The van der Waals surface area contributed by atoms with Gasteiger partial charge in [0, 0.05) is 6.54 Å². The van der Waals surface area contributed by atoms with E-state index < -0.39 is 5.82 Å². The van der Waals surface area contributed by atoms with Gasteiger partial charge in [-0.15, -0.1) is 0 Å². The van der Waals surface area contributed by atoms with Gasteiger partial charge in [-0.3, -0.25) is 9.69 Å². The third-order valence-corrected chi connectivity index (χ3v) is 3.56. The molecule has 100 valence electrons. The number of ketones is 1. The molecule has 1 fully saturated rings. The number of hydrogen-bond donors (Lipinski definition) is 0. The van der Waals surface area contributed by atoms with Gasteiger partial charge >= 0.3 is 0 Å². The number of benzene rings is 1. The first-order chi connectivity index (χ1) is 9.10. The summed E-state index contributed by atoms with van der Waals surface area (Å²) in [6.45, 7) is 2.98. The van der Waals surface area contributed by atoms with Crippen molar-refractivity contribution < 1.29 is 9.18 Å². The van der Waals surface area contributed by atoms with Crippen molar-refractivity contribution in [1.82, 2.24) is 4.90 Å². The van der Waals surface area contributed by atoms with E-state index in [9.17, 15) is 9.18 Å². The fourth-order valence-electron chi connectivity index (χ4n) is 2.68. The van der Waals surface area contributed by atoms with Crippen LogP contribution in [0.25, 0.3) is 0 Å². The first kappa shape index (κ1) is 13.7. The standard InChI is InChI=1S/C15H17FN2O/c1-11(19)15-4-2-3-5-18(15)10-13-6-12(9-17)7-14(16)8-13/h6-8,15H,2-5,10H2,1H3. The van der Waals surface area contributed by atoms with Crippen molar-refractivity contribution in [3.8, 4) is 6.07 Å². The summed E-state index contributed by atoms with van der Waals surface area (Å²) in [6.07, 6.45) is 2.99. The monoisotopic (exact) mass is 260 g/mol. The predicted octanol–water partition coefficient (Wildman–Crippen LogP) is 2.64. The molecule has 19 heavy (non-hydrogen) atoms. The van der Waals surface area contributed by atoms with Crippen molar-refractivity contribution in [1.29, 1.82) is 5.26 Å². The maximum Gasteiger partial charge on any atom is 0.146 e. The highest BCUT2D eigenvalue weighted by atomic mass is 19.1. The van der Waals surface area contributed by atoms with E-state index >= 15 is 0 Å². The molecule has 0 radical (unpaired) electrons. The minimum atomic E-state index is -0.398. The highest BCUT2D eigenvalue weighted by Crippen LogP contribution is 2.21. The van der Waals surface area contributed by atoms with Gasteiger partial charge in [0.25, 0.3) is 0 Å². The zero-order chi connectivity index (χ0) is 13.8. The van der Waals surface area contributed by atoms with Crippen LogP contribution in [0.1, 0.15) is 37.3 Å². The van der Waals surface area contributed by atoms with Crippen LogP contribution in [-0.2, 0) is 11.3 Å². The van der Waals surface area contributed by atoms with E-state index in [4.69, 9.17) is 5.26 Å². The number of carbonyl (C=O) groups is 1. The van der Waals surface area contributed by atoms with Gasteiger partial charge in [-0.25, -0.2) is 4.39 Å². The molecule has 0 bridgehead atoms. The maximum atomic E-state index is 13.4. The van der Waals surface area contributed by atoms with Crippen molar-refractivity contribution in [2.75, 3.05) is 6.54 Å². The second-order valence-electron chi connectivity index (χ2n) is 5.05. The van der Waals surface area contributed by atoms with Gasteiger partial charge < -0.3 is 0 Å². The van der Waals surface area contributed by atoms with E-state index in [2.05, 4.69) is 4.90 Å². The molecule has 0 saturated carbocycles. The Kier molecular flexibility index (Phi) is 4.28. The van der Waals surface area contributed by atoms with Gasteiger partial charge in [0.05, 0.1) is 17.7 Å². The van der Waals surface area contributed by atoms with E-state index in [1.54, 1.807) is 13.0 Å². The van der Waals surface area contributed by atoms with Crippen molar-refractivity contribution >= 4 is 5.78 Å². The Morgan fingerprint density at radius 2 is 2.26 bits per heavy atom. The molecule has 1 aromatic rings. The summed E-state index contributed by atoms with van der Waals surface area (Å²) in [7, 11) is 0. The van der Waals surface area contributed by atoms with Gasteiger partial charge in [-0.2, -0.15) is 5.26 Å². The Morgan fingerprint density at radius 1 is 1.47 bits per heavy atom. The van der Waals surface area contributed by atoms with Gasteiger partial charge in [0.15, 0.2) is 0 Å². The zero-order valence-corrected chi connectivity index (χ0v) is 11.0. The van der Waals surface area contributed by atoms with Crippen LogP contribution in [-0.4, -0.2) is 23.3 Å². The van der Waals surface area contributed by atoms with Crippen LogP contribution in [0.15, 0.2) is 18.2 Å².